The Labute approximate surface area is 173 Å². The molecule has 1 aliphatic rings. The van der Waals surface area contributed by atoms with Crippen LogP contribution in [0.4, 0.5) is 5.69 Å². The van der Waals surface area contributed by atoms with E-state index in [0.29, 0.717) is 0 Å². The zero-order valence-electron chi connectivity index (χ0n) is 16.7. The zero-order valence-corrected chi connectivity index (χ0v) is 16.7. The van der Waals surface area contributed by atoms with Crippen LogP contribution in [0.2, 0.25) is 0 Å². The number of anilines is 1. The van der Waals surface area contributed by atoms with Gasteiger partial charge < -0.3 is 24.6 Å². The Morgan fingerprint density at radius 1 is 1.10 bits per heavy atom. The monoisotopic (exact) mass is 411 g/mol. The number of Topliss-reactive ketones (excluding diaryl/α,β-unsaturated/α-hetero) is 1. The SMILES string of the molecule is CC(=O)c1ccc(OCc2ccccc2)c(NC=C2C(=O)OC(C)(C)OC2=O)c1O. The Morgan fingerprint density at radius 3 is 2.33 bits per heavy atom. The number of ether oxygens (including phenoxy) is 3. The highest BCUT2D eigenvalue weighted by atomic mass is 16.7. The molecule has 2 N–H and O–H groups in total. The van der Waals surface area contributed by atoms with Gasteiger partial charge in [0, 0.05) is 20.0 Å². The summed E-state index contributed by atoms with van der Waals surface area (Å²) in [6, 6.07) is 12.3. The number of hydrogen-bond donors (Lipinski definition) is 2. The lowest BCUT2D eigenvalue weighted by atomic mass is 10.1. The third kappa shape index (κ3) is 4.60. The fraction of sp³-hybridized carbons (Fsp3) is 0.227. The predicted molar refractivity (Wildman–Crippen MR) is 107 cm³/mol. The van der Waals surface area contributed by atoms with Crippen molar-refractivity contribution in [1.82, 2.24) is 0 Å². The summed E-state index contributed by atoms with van der Waals surface area (Å²) in [6.07, 6.45) is 1.05. The van der Waals surface area contributed by atoms with Gasteiger partial charge in [0.25, 0.3) is 5.79 Å². The second-order valence-electron chi connectivity index (χ2n) is 7.05. The molecule has 0 atom stereocenters. The van der Waals surface area contributed by atoms with E-state index in [2.05, 4.69) is 5.32 Å². The molecule has 0 aliphatic carbocycles. The largest absolute Gasteiger partial charge is 0.505 e. The maximum atomic E-state index is 12.1. The first-order valence-corrected chi connectivity index (χ1v) is 9.15. The van der Waals surface area contributed by atoms with E-state index < -0.39 is 23.3 Å². The van der Waals surface area contributed by atoms with Gasteiger partial charge in [-0.15, -0.1) is 0 Å². The Bertz CT molecular complexity index is 1000. The molecule has 0 amide bonds. The third-order valence-corrected chi connectivity index (χ3v) is 4.23. The summed E-state index contributed by atoms with van der Waals surface area (Å²) in [5.74, 6) is -3.64. The number of phenolic OH excluding ortho intramolecular Hbond substituents is 1. The van der Waals surface area contributed by atoms with E-state index in [-0.39, 0.29) is 35.1 Å². The molecule has 0 aromatic heterocycles. The molecule has 1 heterocycles. The fourth-order valence-electron chi connectivity index (χ4n) is 2.77. The standard InChI is InChI=1S/C22H21NO7/c1-13(24)15-9-10-17(28-12-14-7-5-4-6-8-14)18(19(15)25)23-11-16-20(26)29-22(2,3)30-21(16)27/h4-11,23,25H,12H2,1-3H3. The highest BCUT2D eigenvalue weighted by Crippen LogP contribution is 2.38. The molecule has 30 heavy (non-hydrogen) atoms. The molecular weight excluding hydrogens is 390 g/mol. The van der Waals surface area contributed by atoms with E-state index in [1.54, 1.807) is 0 Å². The Kier molecular flexibility index (Phi) is 5.77. The third-order valence-electron chi connectivity index (χ3n) is 4.23. The molecule has 8 heteroatoms. The van der Waals surface area contributed by atoms with E-state index in [4.69, 9.17) is 14.2 Å². The number of cyclic esters (lactones) is 2. The van der Waals surface area contributed by atoms with Gasteiger partial charge in [0.05, 0.1) is 5.56 Å². The quantitative estimate of drug-likeness (QED) is 0.245. The number of carbonyl (C=O) groups excluding carboxylic acids is 3. The molecule has 3 rings (SSSR count). The topological polar surface area (TPSA) is 111 Å². The number of carbonyl (C=O) groups is 3. The molecular formula is C22H21NO7. The average Bonchev–Trinajstić information content (AvgIpc) is 2.66. The van der Waals surface area contributed by atoms with E-state index in [9.17, 15) is 19.5 Å². The summed E-state index contributed by atoms with van der Waals surface area (Å²) in [5, 5.41) is 13.2. The lowest BCUT2D eigenvalue weighted by molar-refractivity contribution is -0.222. The first-order chi connectivity index (χ1) is 14.2. The number of benzene rings is 2. The summed E-state index contributed by atoms with van der Waals surface area (Å²) >= 11 is 0. The molecule has 2 aromatic carbocycles. The Morgan fingerprint density at radius 2 is 1.73 bits per heavy atom. The molecule has 1 aliphatic heterocycles. The van der Waals surface area contributed by atoms with E-state index in [0.717, 1.165) is 11.8 Å². The normalized spacial score (nSPS) is 15.1. The van der Waals surface area contributed by atoms with Crippen molar-refractivity contribution >= 4 is 23.4 Å². The van der Waals surface area contributed by atoms with Crippen LogP contribution in [0.25, 0.3) is 0 Å². The van der Waals surface area contributed by atoms with Crippen molar-refractivity contribution in [1.29, 1.82) is 0 Å². The number of nitrogens with one attached hydrogen (secondary N) is 1. The van der Waals surface area contributed by atoms with Crippen molar-refractivity contribution in [2.24, 2.45) is 0 Å². The molecule has 2 aromatic rings. The number of esters is 2. The first-order valence-electron chi connectivity index (χ1n) is 9.15. The maximum Gasteiger partial charge on any atom is 0.350 e. The van der Waals surface area contributed by atoms with Gasteiger partial charge in [0.15, 0.2) is 17.1 Å². The van der Waals surface area contributed by atoms with Gasteiger partial charge in [0.1, 0.15) is 18.0 Å². The number of aromatic hydroxyl groups is 1. The number of phenols is 1. The molecule has 0 radical (unpaired) electrons. The molecule has 8 nitrogen and oxygen atoms in total. The molecule has 0 bridgehead atoms. The number of hydrogen-bond acceptors (Lipinski definition) is 8. The number of rotatable bonds is 6. The molecule has 1 fully saturated rings. The Balaban J connectivity index is 1.91. The van der Waals surface area contributed by atoms with Crippen molar-refractivity contribution in [3.63, 3.8) is 0 Å². The van der Waals surface area contributed by atoms with Crippen molar-refractivity contribution in [3.05, 3.63) is 65.4 Å². The minimum atomic E-state index is -1.37. The molecule has 0 unspecified atom stereocenters. The lowest BCUT2D eigenvalue weighted by Gasteiger charge is -2.29. The second-order valence-corrected chi connectivity index (χ2v) is 7.05. The van der Waals surface area contributed by atoms with Crippen molar-refractivity contribution in [2.75, 3.05) is 5.32 Å². The minimum absolute atomic E-state index is 0.0246. The minimum Gasteiger partial charge on any atom is -0.505 e. The van der Waals surface area contributed by atoms with Gasteiger partial charge in [-0.25, -0.2) is 9.59 Å². The van der Waals surface area contributed by atoms with Crippen LogP contribution in [0, 0.1) is 0 Å². The lowest BCUT2D eigenvalue weighted by Crippen LogP contribution is -2.42. The summed E-state index contributed by atoms with van der Waals surface area (Å²) in [6.45, 7) is 4.37. The van der Waals surface area contributed by atoms with Crippen LogP contribution in [0.5, 0.6) is 11.5 Å². The van der Waals surface area contributed by atoms with E-state index in [1.165, 1.54) is 32.9 Å². The molecule has 0 spiro atoms. The summed E-state index contributed by atoms with van der Waals surface area (Å²) in [4.78, 5) is 36.0. The Hall–Kier alpha value is -3.81. The molecule has 156 valence electrons. The second kappa shape index (κ2) is 8.28. The van der Waals surface area contributed by atoms with Crippen LogP contribution in [-0.2, 0) is 25.7 Å². The van der Waals surface area contributed by atoms with Crippen molar-refractivity contribution < 1.29 is 33.7 Å². The van der Waals surface area contributed by atoms with E-state index >= 15 is 0 Å². The van der Waals surface area contributed by atoms with Gasteiger partial charge in [-0.3, -0.25) is 4.79 Å². The summed E-state index contributed by atoms with van der Waals surface area (Å²) in [7, 11) is 0. The van der Waals surface area contributed by atoms with Gasteiger partial charge in [-0.1, -0.05) is 30.3 Å². The number of ketones is 1. The zero-order chi connectivity index (χ0) is 21.9. The van der Waals surface area contributed by atoms with Crippen LogP contribution >= 0.6 is 0 Å². The van der Waals surface area contributed by atoms with Gasteiger partial charge >= 0.3 is 11.9 Å². The highest BCUT2D eigenvalue weighted by molar-refractivity contribution is 6.15. The predicted octanol–water partition coefficient (Wildman–Crippen LogP) is 3.31. The molecule has 0 saturated carbocycles. The van der Waals surface area contributed by atoms with Crippen LogP contribution in [0.3, 0.4) is 0 Å². The summed E-state index contributed by atoms with van der Waals surface area (Å²) < 4.78 is 15.8. The fourth-order valence-corrected chi connectivity index (χ4v) is 2.77. The van der Waals surface area contributed by atoms with Crippen LogP contribution in [0.1, 0.15) is 36.7 Å². The van der Waals surface area contributed by atoms with Gasteiger partial charge in [-0.2, -0.15) is 0 Å². The van der Waals surface area contributed by atoms with Crippen LogP contribution in [-0.4, -0.2) is 28.6 Å². The summed E-state index contributed by atoms with van der Waals surface area (Å²) in [5.41, 5.74) is 0.573. The van der Waals surface area contributed by atoms with Crippen LogP contribution < -0.4 is 10.1 Å². The van der Waals surface area contributed by atoms with E-state index in [1.807, 2.05) is 30.3 Å². The maximum absolute atomic E-state index is 12.1. The van der Waals surface area contributed by atoms with Crippen LogP contribution in [0.15, 0.2) is 54.2 Å². The van der Waals surface area contributed by atoms with Gasteiger partial charge in [0.2, 0.25) is 0 Å². The van der Waals surface area contributed by atoms with Crippen molar-refractivity contribution in [2.45, 2.75) is 33.2 Å². The average molecular weight is 411 g/mol. The smallest absolute Gasteiger partial charge is 0.350 e. The molecule has 1 saturated heterocycles. The first kappa shape index (κ1) is 20.9. The van der Waals surface area contributed by atoms with Crippen molar-refractivity contribution in [3.8, 4) is 11.5 Å². The highest BCUT2D eigenvalue weighted by Gasteiger charge is 2.39. The van der Waals surface area contributed by atoms with Gasteiger partial charge in [-0.05, 0) is 24.6 Å².